The maximum Gasteiger partial charge on any atom is 0.369 e. The second-order valence-electron chi connectivity index (χ2n) is 5.88. The minimum absolute atomic E-state index is 0.0103. The van der Waals surface area contributed by atoms with Crippen LogP contribution in [0.5, 0.6) is 0 Å². The summed E-state index contributed by atoms with van der Waals surface area (Å²) < 4.78 is 11.2. The Bertz CT molecular complexity index is 821. The standard InChI is InChI=1S/C14H18N4O4SSi/c1-5-22-13(19)12-15-17(14(23-12)16-24(2,3)4)10-6-8-11(9-7-10)18(20)21/h6-9H,5H2,1-4H3/b16-14-. The van der Waals surface area contributed by atoms with Gasteiger partial charge in [-0.1, -0.05) is 11.3 Å². The van der Waals surface area contributed by atoms with Crippen LogP contribution in [0, 0.1) is 10.1 Å². The summed E-state index contributed by atoms with van der Waals surface area (Å²) in [6, 6.07) is 5.94. The lowest BCUT2D eigenvalue weighted by atomic mass is 10.3. The van der Waals surface area contributed by atoms with E-state index in [1.807, 2.05) is 0 Å². The summed E-state index contributed by atoms with van der Waals surface area (Å²) >= 11 is 1.15. The summed E-state index contributed by atoms with van der Waals surface area (Å²) in [5, 5.41) is 15.3. The lowest BCUT2D eigenvalue weighted by Gasteiger charge is -2.07. The summed E-state index contributed by atoms with van der Waals surface area (Å²) in [4.78, 5) is 22.8. The highest BCUT2D eigenvalue weighted by atomic mass is 32.1. The molecule has 0 radical (unpaired) electrons. The summed E-state index contributed by atoms with van der Waals surface area (Å²) in [7, 11) is -1.82. The van der Waals surface area contributed by atoms with E-state index in [4.69, 9.17) is 9.39 Å². The van der Waals surface area contributed by atoms with Crippen molar-refractivity contribution in [3.05, 3.63) is 44.2 Å². The third-order valence-electron chi connectivity index (χ3n) is 2.75. The first-order chi connectivity index (χ1) is 11.2. The number of benzene rings is 1. The van der Waals surface area contributed by atoms with Crippen molar-refractivity contribution in [1.82, 2.24) is 9.78 Å². The Labute approximate surface area is 143 Å². The van der Waals surface area contributed by atoms with E-state index in [1.165, 1.54) is 16.8 Å². The van der Waals surface area contributed by atoms with E-state index in [1.54, 1.807) is 19.1 Å². The fourth-order valence-corrected chi connectivity index (χ4v) is 4.14. The zero-order valence-corrected chi connectivity index (χ0v) is 15.7. The highest BCUT2D eigenvalue weighted by molar-refractivity contribution is 7.11. The van der Waals surface area contributed by atoms with Crippen molar-refractivity contribution in [1.29, 1.82) is 0 Å². The molecule has 24 heavy (non-hydrogen) atoms. The van der Waals surface area contributed by atoms with Gasteiger partial charge in [0.05, 0.1) is 17.2 Å². The van der Waals surface area contributed by atoms with Gasteiger partial charge in [-0.3, -0.25) is 14.8 Å². The Kier molecular flexibility index (Phi) is 5.29. The molecule has 2 rings (SSSR count). The van der Waals surface area contributed by atoms with E-state index >= 15 is 0 Å². The molecule has 0 unspecified atom stereocenters. The molecule has 1 heterocycles. The van der Waals surface area contributed by atoms with Crippen LogP contribution in [0.1, 0.15) is 16.7 Å². The molecule has 10 heteroatoms. The summed E-state index contributed by atoms with van der Waals surface area (Å²) in [5.41, 5.74) is 0.591. The number of non-ortho nitro benzene ring substituents is 1. The molecule has 1 aromatic heterocycles. The first kappa shape index (κ1) is 18.0. The zero-order chi connectivity index (χ0) is 17.9. The monoisotopic (exact) mass is 366 g/mol. The molecule has 0 saturated heterocycles. The van der Waals surface area contributed by atoms with Crippen LogP contribution >= 0.6 is 11.3 Å². The number of nitrogens with zero attached hydrogens (tertiary/aromatic N) is 4. The van der Waals surface area contributed by atoms with Gasteiger partial charge in [0.1, 0.15) is 0 Å². The van der Waals surface area contributed by atoms with Crippen LogP contribution in [0.15, 0.2) is 28.9 Å². The molecule has 0 aliphatic heterocycles. The van der Waals surface area contributed by atoms with Crippen molar-refractivity contribution in [2.45, 2.75) is 26.6 Å². The molecule has 0 N–H and O–H groups in total. The van der Waals surface area contributed by atoms with Crippen LogP contribution in [-0.2, 0) is 4.74 Å². The van der Waals surface area contributed by atoms with Gasteiger partial charge in [0, 0.05) is 12.1 Å². The SMILES string of the molecule is CCOC(=O)c1nn(-c2ccc([N+](=O)[O-])cc2)/c(=N/[Si](C)(C)C)s1. The molecule has 0 aliphatic rings. The highest BCUT2D eigenvalue weighted by Gasteiger charge is 2.18. The average molecular weight is 366 g/mol. The number of nitro benzene ring substituents is 1. The average Bonchev–Trinajstić information content (AvgIpc) is 2.89. The van der Waals surface area contributed by atoms with Crippen LogP contribution in [0.2, 0.25) is 19.6 Å². The van der Waals surface area contributed by atoms with Gasteiger partial charge < -0.3 is 4.74 Å². The van der Waals surface area contributed by atoms with Crippen LogP contribution in [0.4, 0.5) is 5.69 Å². The quantitative estimate of drug-likeness (QED) is 0.350. The van der Waals surface area contributed by atoms with E-state index in [2.05, 4.69) is 24.7 Å². The minimum Gasteiger partial charge on any atom is -0.461 e. The largest absolute Gasteiger partial charge is 0.461 e. The fraction of sp³-hybridized carbons (Fsp3) is 0.357. The smallest absolute Gasteiger partial charge is 0.369 e. The highest BCUT2D eigenvalue weighted by Crippen LogP contribution is 2.15. The van der Waals surface area contributed by atoms with E-state index < -0.39 is 19.1 Å². The predicted octanol–water partition coefficient (Wildman–Crippen LogP) is 2.75. The van der Waals surface area contributed by atoms with Gasteiger partial charge in [-0.15, -0.1) is 5.10 Å². The number of hydrogen-bond acceptors (Lipinski definition) is 7. The van der Waals surface area contributed by atoms with Crippen molar-refractivity contribution in [3.8, 4) is 5.69 Å². The summed E-state index contributed by atoms with van der Waals surface area (Å²) in [6.45, 7) is 8.19. The molecular weight excluding hydrogens is 348 g/mol. The first-order valence-corrected chi connectivity index (χ1v) is 11.6. The van der Waals surface area contributed by atoms with Crippen LogP contribution in [0.25, 0.3) is 5.69 Å². The minimum atomic E-state index is -1.82. The molecule has 0 amide bonds. The number of carbonyl (C=O) groups excluding carboxylic acids is 1. The second kappa shape index (κ2) is 7.05. The van der Waals surface area contributed by atoms with Gasteiger partial charge >= 0.3 is 5.97 Å². The Morgan fingerprint density at radius 2 is 2.00 bits per heavy atom. The van der Waals surface area contributed by atoms with Gasteiger partial charge in [0.25, 0.3) is 5.69 Å². The first-order valence-electron chi connectivity index (χ1n) is 7.29. The normalized spacial score (nSPS) is 12.2. The maximum atomic E-state index is 11.9. The van der Waals surface area contributed by atoms with Crippen molar-refractivity contribution in [2.24, 2.45) is 4.66 Å². The van der Waals surface area contributed by atoms with Gasteiger partial charge in [-0.25, -0.2) is 9.48 Å². The van der Waals surface area contributed by atoms with E-state index in [9.17, 15) is 14.9 Å². The number of ether oxygens (including phenoxy) is 1. The molecule has 0 aliphatic carbocycles. The van der Waals surface area contributed by atoms with E-state index in [0.29, 0.717) is 10.5 Å². The molecule has 0 fully saturated rings. The van der Waals surface area contributed by atoms with Crippen molar-refractivity contribution < 1.29 is 14.5 Å². The van der Waals surface area contributed by atoms with Crippen molar-refractivity contribution in [2.75, 3.05) is 6.61 Å². The van der Waals surface area contributed by atoms with Crippen LogP contribution < -0.4 is 4.80 Å². The van der Waals surface area contributed by atoms with E-state index in [0.717, 1.165) is 11.3 Å². The molecule has 0 saturated carbocycles. The van der Waals surface area contributed by atoms with Gasteiger partial charge in [-0.05, 0) is 38.7 Å². The Morgan fingerprint density at radius 3 is 2.50 bits per heavy atom. The Hall–Kier alpha value is -2.33. The molecule has 0 bridgehead atoms. The number of esters is 1. The second-order valence-corrected chi connectivity index (χ2v) is 11.4. The number of carbonyl (C=O) groups is 1. The molecular formula is C14H18N4O4SSi. The lowest BCUT2D eigenvalue weighted by Crippen LogP contribution is -2.25. The third kappa shape index (κ3) is 4.36. The number of aromatic nitrogens is 2. The van der Waals surface area contributed by atoms with Gasteiger partial charge in [0.15, 0.2) is 13.0 Å². The van der Waals surface area contributed by atoms with E-state index in [-0.39, 0.29) is 17.3 Å². The van der Waals surface area contributed by atoms with Crippen LogP contribution in [0.3, 0.4) is 0 Å². The van der Waals surface area contributed by atoms with Crippen molar-refractivity contribution in [3.63, 3.8) is 0 Å². The Morgan fingerprint density at radius 1 is 1.38 bits per heavy atom. The predicted molar refractivity (Wildman–Crippen MR) is 93.0 cm³/mol. The molecule has 0 spiro atoms. The molecule has 8 nitrogen and oxygen atoms in total. The lowest BCUT2D eigenvalue weighted by molar-refractivity contribution is -0.384. The number of nitro groups is 1. The van der Waals surface area contributed by atoms with Gasteiger partial charge in [-0.2, -0.15) is 0 Å². The number of hydrogen-bond donors (Lipinski definition) is 0. The maximum absolute atomic E-state index is 11.9. The third-order valence-corrected chi connectivity index (χ3v) is 4.68. The topological polar surface area (TPSA) is 99.6 Å². The molecule has 0 atom stereocenters. The van der Waals surface area contributed by atoms with Crippen molar-refractivity contribution >= 4 is 31.2 Å². The fourth-order valence-electron chi connectivity index (χ4n) is 1.80. The summed E-state index contributed by atoms with van der Waals surface area (Å²) in [6.07, 6.45) is 0. The molecule has 1 aromatic carbocycles. The zero-order valence-electron chi connectivity index (χ0n) is 13.8. The molecule has 2 aromatic rings. The van der Waals surface area contributed by atoms with Crippen LogP contribution in [-0.4, -0.2) is 35.5 Å². The molecule has 128 valence electrons. The number of rotatable bonds is 5. The Balaban J connectivity index is 2.56. The summed E-state index contributed by atoms with van der Waals surface area (Å²) in [5.74, 6) is -0.504. The van der Waals surface area contributed by atoms with Gasteiger partial charge in [0.2, 0.25) is 5.01 Å².